The van der Waals surface area contributed by atoms with Crippen LogP contribution in [0.3, 0.4) is 0 Å². The normalized spacial score (nSPS) is 12.0. The van der Waals surface area contributed by atoms with Gasteiger partial charge in [0.1, 0.15) is 5.75 Å². The summed E-state index contributed by atoms with van der Waals surface area (Å²) in [5.41, 5.74) is 4.09. The summed E-state index contributed by atoms with van der Waals surface area (Å²) in [6.07, 6.45) is 1.11. The molecule has 0 radical (unpaired) electrons. The Morgan fingerprint density at radius 1 is 1.06 bits per heavy atom. The van der Waals surface area contributed by atoms with Gasteiger partial charge in [0.15, 0.2) is 0 Å². The number of hydrogen-bond donors (Lipinski definition) is 0. The highest BCUT2D eigenvalue weighted by atomic mass is 16.5. The first-order valence-electron chi connectivity index (χ1n) is 6.96. The molecule has 102 valence electrons. The third-order valence-corrected chi connectivity index (χ3v) is 3.27. The average molecular weight is 248 g/mol. The summed E-state index contributed by atoms with van der Waals surface area (Å²) in [7, 11) is 0. The van der Waals surface area contributed by atoms with Gasteiger partial charge in [-0.15, -0.1) is 0 Å². The molecule has 18 heavy (non-hydrogen) atoms. The molecule has 0 aromatic heterocycles. The van der Waals surface area contributed by atoms with Crippen LogP contribution in [0.4, 0.5) is 0 Å². The standard InChI is InChI=1S/C17H28O/c1-12(2)8-9-18-16-13(3)10-15(11-14(16)4)17(5,6)7/h10-12H,8-9H2,1-7H3. The maximum absolute atomic E-state index is 5.95. The van der Waals surface area contributed by atoms with Gasteiger partial charge < -0.3 is 4.74 Å². The Morgan fingerprint density at radius 2 is 1.56 bits per heavy atom. The Morgan fingerprint density at radius 3 is 1.94 bits per heavy atom. The van der Waals surface area contributed by atoms with E-state index in [1.165, 1.54) is 16.7 Å². The summed E-state index contributed by atoms with van der Waals surface area (Å²) in [4.78, 5) is 0. The molecule has 1 nitrogen and oxygen atoms in total. The van der Waals surface area contributed by atoms with Gasteiger partial charge in [0.2, 0.25) is 0 Å². The average Bonchev–Trinajstić information content (AvgIpc) is 2.20. The lowest BCUT2D eigenvalue weighted by Gasteiger charge is -2.22. The van der Waals surface area contributed by atoms with Crippen molar-refractivity contribution in [3.05, 3.63) is 28.8 Å². The number of hydrogen-bond acceptors (Lipinski definition) is 1. The van der Waals surface area contributed by atoms with Gasteiger partial charge in [0, 0.05) is 0 Å². The second kappa shape index (κ2) is 5.77. The fraction of sp³-hybridized carbons (Fsp3) is 0.647. The minimum atomic E-state index is 0.200. The maximum atomic E-state index is 5.95. The zero-order valence-electron chi connectivity index (χ0n) is 13.1. The number of ether oxygens (including phenoxy) is 1. The van der Waals surface area contributed by atoms with E-state index in [4.69, 9.17) is 4.74 Å². The zero-order chi connectivity index (χ0) is 13.9. The molecule has 0 fully saturated rings. The Balaban J connectivity index is 2.88. The third-order valence-electron chi connectivity index (χ3n) is 3.27. The van der Waals surface area contributed by atoms with Crippen molar-refractivity contribution in [3.8, 4) is 5.75 Å². The van der Waals surface area contributed by atoms with Crippen molar-refractivity contribution in [2.24, 2.45) is 5.92 Å². The van der Waals surface area contributed by atoms with E-state index in [0.717, 1.165) is 18.8 Å². The van der Waals surface area contributed by atoms with Gasteiger partial charge >= 0.3 is 0 Å². The fourth-order valence-electron chi connectivity index (χ4n) is 2.01. The Labute approximate surface area is 113 Å². The van der Waals surface area contributed by atoms with E-state index in [-0.39, 0.29) is 5.41 Å². The molecule has 0 aliphatic rings. The minimum Gasteiger partial charge on any atom is -0.493 e. The molecule has 0 bridgehead atoms. The zero-order valence-corrected chi connectivity index (χ0v) is 13.1. The van der Waals surface area contributed by atoms with E-state index in [2.05, 4.69) is 60.6 Å². The first-order chi connectivity index (χ1) is 8.21. The van der Waals surface area contributed by atoms with Crippen LogP contribution in [0, 0.1) is 19.8 Å². The summed E-state index contributed by atoms with van der Waals surface area (Å²) in [6, 6.07) is 4.52. The fourth-order valence-corrected chi connectivity index (χ4v) is 2.01. The monoisotopic (exact) mass is 248 g/mol. The van der Waals surface area contributed by atoms with Crippen LogP contribution in [0.25, 0.3) is 0 Å². The molecule has 1 heteroatoms. The van der Waals surface area contributed by atoms with Crippen LogP contribution in [0.2, 0.25) is 0 Å². The maximum Gasteiger partial charge on any atom is 0.125 e. The highest BCUT2D eigenvalue weighted by molar-refractivity contribution is 5.45. The van der Waals surface area contributed by atoms with Gasteiger partial charge in [-0.1, -0.05) is 46.8 Å². The molecule has 0 unspecified atom stereocenters. The second-order valence-corrected chi connectivity index (χ2v) is 6.72. The van der Waals surface area contributed by atoms with E-state index in [1.54, 1.807) is 0 Å². The Bertz CT molecular complexity index is 374. The van der Waals surface area contributed by atoms with Crippen LogP contribution in [-0.4, -0.2) is 6.61 Å². The highest BCUT2D eigenvalue weighted by Crippen LogP contribution is 2.31. The number of aryl methyl sites for hydroxylation is 2. The molecule has 0 saturated carbocycles. The van der Waals surface area contributed by atoms with E-state index >= 15 is 0 Å². The molecule has 0 spiro atoms. The first-order valence-corrected chi connectivity index (χ1v) is 6.96. The SMILES string of the molecule is Cc1cc(C(C)(C)C)cc(C)c1OCCC(C)C. The lowest BCUT2D eigenvalue weighted by molar-refractivity contribution is 0.286. The van der Waals surface area contributed by atoms with Crippen molar-refractivity contribution in [3.63, 3.8) is 0 Å². The molecule has 0 atom stereocenters. The molecule has 0 saturated heterocycles. The van der Waals surface area contributed by atoms with Crippen molar-refractivity contribution >= 4 is 0 Å². The summed E-state index contributed by atoms with van der Waals surface area (Å²) in [5, 5.41) is 0. The molecule has 0 N–H and O–H groups in total. The number of rotatable bonds is 4. The van der Waals surface area contributed by atoms with E-state index in [0.29, 0.717) is 5.92 Å². The smallest absolute Gasteiger partial charge is 0.125 e. The molecule has 1 rings (SSSR count). The Hall–Kier alpha value is -0.980. The molecular weight excluding hydrogens is 220 g/mol. The predicted molar refractivity (Wildman–Crippen MR) is 79.6 cm³/mol. The predicted octanol–water partition coefficient (Wildman–Crippen LogP) is 5.03. The van der Waals surface area contributed by atoms with Crippen LogP contribution in [0.1, 0.15) is 57.7 Å². The second-order valence-electron chi connectivity index (χ2n) is 6.72. The topological polar surface area (TPSA) is 9.23 Å². The lowest BCUT2D eigenvalue weighted by atomic mass is 9.85. The molecular formula is C17H28O. The van der Waals surface area contributed by atoms with E-state index in [9.17, 15) is 0 Å². The molecule has 1 aromatic carbocycles. The van der Waals surface area contributed by atoms with Crippen molar-refractivity contribution in [2.45, 2.75) is 60.3 Å². The summed E-state index contributed by atoms with van der Waals surface area (Å²) < 4.78 is 5.95. The van der Waals surface area contributed by atoms with Gasteiger partial charge in [-0.25, -0.2) is 0 Å². The van der Waals surface area contributed by atoms with E-state index < -0.39 is 0 Å². The lowest BCUT2D eigenvalue weighted by Crippen LogP contribution is -2.12. The van der Waals surface area contributed by atoms with Crippen LogP contribution in [0.5, 0.6) is 5.75 Å². The first kappa shape index (κ1) is 15.1. The molecule has 0 heterocycles. The van der Waals surface area contributed by atoms with E-state index in [1.807, 2.05) is 0 Å². The van der Waals surface area contributed by atoms with Gasteiger partial charge in [-0.3, -0.25) is 0 Å². The quantitative estimate of drug-likeness (QED) is 0.726. The summed E-state index contributed by atoms with van der Waals surface area (Å²) in [5.74, 6) is 1.77. The summed E-state index contributed by atoms with van der Waals surface area (Å²) >= 11 is 0. The number of benzene rings is 1. The van der Waals surface area contributed by atoms with Crippen molar-refractivity contribution < 1.29 is 4.74 Å². The molecule has 0 aliphatic carbocycles. The van der Waals surface area contributed by atoms with Gasteiger partial charge in [0.25, 0.3) is 0 Å². The highest BCUT2D eigenvalue weighted by Gasteiger charge is 2.16. The minimum absolute atomic E-state index is 0.200. The molecule has 1 aromatic rings. The third kappa shape index (κ3) is 4.04. The largest absolute Gasteiger partial charge is 0.493 e. The van der Waals surface area contributed by atoms with Crippen LogP contribution < -0.4 is 4.74 Å². The summed E-state index contributed by atoms with van der Waals surface area (Å²) in [6.45, 7) is 16.3. The van der Waals surface area contributed by atoms with Gasteiger partial charge in [-0.2, -0.15) is 0 Å². The molecule has 0 aliphatic heterocycles. The van der Waals surface area contributed by atoms with Crippen molar-refractivity contribution in [1.82, 2.24) is 0 Å². The van der Waals surface area contributed by atoms with Crippen LogP contribution >= 0.6 is 0 Å². The van der Waals surface area contributed by atoms with Crippen molar-refractivity contribution in [1.29, 1.82) is 0 Å². The van der Waals surface area contributed by atoms with Gasteiger partial charge in [0.05, 0.1) is 6.61 Å². The van der Waals surface area contributed by atoms with Gasteiger partial charge in [-0.05, 0) is 48.3 Å². The van der Waals surface area contributed by atoms with Crippen molar-refractivity contribution in [2.75, 3.05) is 6.61 Å². The Kier molecular flexibility index (Phi) is 4.84. The molecule has 0 amide bonds. The van der Waals surface area contributed by atoms with Crippen LogP contribution in [0.15, 0.2) is 12.1 Å². The van der Waals surface area contributed by atoms with Crippen LogP contribution in [-0.2, 0) is 5.41 Å².